The van der Waals surface area contributed by atoms with Crippen LogP contribution < -0.4 is 14.8 Å². The van der Waals surface area contributed by atoms with E-state index in [4.69, 9.17) is 9.47 Å². The van der Waals surface area contributed by atoms with Crippen molar-refractivity contribution < 1.29 is 14.3 Å². The van der Waals surface area contributed by atoms with Crippen molar-refractivity contribution in [2.45, 2.75) is 19.9 Å². The van der Waals surface area contributed by atoms with Gasteiger partial charge in [0, 0.05) is 38.4 Å². The highest BCUT2D eigenvalue weighted by Gasteiger charge is 2.22. The number of amides is 1. The summed E-state index contributed by atoms with van der Waals surface area (Å²) in [6, 6.07) is 14.3. The Morgan fingerprint density at radius 2 is 1.82 bits per heavy atom. The number of aryl methyl sites for hydroxylation is 1. The monoisotopic (exact) mass is 381 g/mol. The van der Waals surface area contributed by atoms with E-state index < -0.39 is 0 Å². The van der Waals surface area contributed by atoms with Crippen LogP contribution >= 0.6 is 0 Å². The summed E-state index contributed by atoms with van der Waals surface area (Å²) < 4.78 is 10.8. The fourth-order valence-electron chi connectivity index (χ4n) is 3.74. The molecule has 0 saturated carbocycles. The number of anilines is 1. The Kier molecular flexibility index (Phi) is 5.67. The van der Waals surface area contributed by atoms with Crippen molar-refractivity contribution in [2.75, 3.05) is 44.8 Å². The Morgan fingerprint density at radius 1 is 1.04 bits per heavy atom. The second kappa shape index (κ2) is 8.52. The van der Waals surface area contributed by atoms with Crippen LogP contribution in [-0.4, -0.2) is 55.2 Å². The van der Waals surface area contributed by atoms with Crippen LogP contribution in [0.4, 0.5) is 5.69 Å². The maximum absolute atomic E-state index is 12.6. The molecule has 0 aliphatic carbocycles. The van der Waals surface area contributed by atoms with E-state index >= 15 is 0 Å². The maximum Gasteiger partial charge on any atom is 0.241 e. The van der Waals surface area contributed by atoms with Gasteiger partial charge < -0.3 is 19.7 Å². The van der Waals surface area contributed by atoms with Crippen LogP contribution in [0.3, 0.4) is 0 Å². The molecule has 1 fully saturated rings. The number of piperazine rings is 1. The summed E-state index contributed by atoms with van der Waals surface area (Å²) in [6.45, 7) is 6.93. The van der Waals surface area contributed by atoms with Gasteiger partial charge in [-0.25, -0.2) is 0 Å². The molecule has 6 heteroatoms. The van der Waals surface area contributed by atoms with Gasteiger partial charge in [0.15, 0.2) is 11.5 Å². The first-order valence-corrected chi connectivity index (χ1v) is 9.93. The number of fused-ring (bicyclic) bond motifs is 1. The number of nitrogens with zero attached hydrogens (tertiary/aromatic N) is 2. The average Bonchev–Trinajstić information content (AvgIpc) is 3.20. The highest BCUT2D eigenvalue weighted by molar-refractivity contribution is 5.81. The number of hydrogen-bond donors (Lipinski definition) is 1. The smallest absolute Gasteiger partial charge is 0.241 e. The van der Waals surface area contributed by atoms with E-state index in [1.807, 2.05) is 29.2 Å². The molecule has 2 aliphatic heterocycles. The lowest BCUT2D eigenvalue weighted by Gasteiger charge is -2.35. The fraction of sp³-hybridized carbons (Fsp3) is 0.409. The number of carbonyl (C=O) groups is 1. The van der Waals surface area contributed by atoms with Crippen LogP contribution in [0.15, 0.2) is 42.5 Å². The van der Waals surface area contributed by atoms with Crippen molar-refractivity contribution in [1.29, 1.82) is 0 Å². The van der Waals surface area contributed by atoms with Crippen LogP contribution in [0, 0.1) is 0 Å². The van der Waals surface area contributed by atoms with Crippen LogP contribution in [-0.2, 0) is 17.8 Å². The summed E-state index contributed by atoms with van der Waals surface area (Å²) in [5.74, 6) is 1.80. The first-order valence-electron chi connectivity index (χ1n) is 9.93. The van der Waals surface area contributed by atoms with Gasteiger partial charge in [-0.3, -0.25) is 9.69 Å². The molecule has 0 radical (unpaired) electrons. The molecule has 0 aromatic heterocycles. The minimum atomic E-state index is 0.161. The zero-order chi connectivity index (χ0) is 19.3. The lowest BCUT2D eigenvalue weighted by Crippen LogP contribution is -2.49. The van der Waals surface area contributed by atoms with Crippen LogP contribution in [0.5, 0.6) is 11.5 Å². The number of hydrogen-bond acceptors (Lipinski definition) is 5. The number of rotatable bonds is 6. The molecule has 2 heterocycles. The third-order valence-corrected chi connectivity index (χ3v) is 5.40. The molecule has 4 rings (SSSR count). The van der Waals surface area contributed by atoms with E-state index in [0.29, 0.717) is 13.3 Å². The van der Waals surface area contributed by atoms with Crippen LogP contribution in [0.1, 0.15) is 18.1 Å². The highest BCUT2D eigenvalue weighted by Crippen LogP contribution is 2.32. The van der Waals surface area contributed by atoms with Gasteiger partial charge in [-0.05, 0) is 35.7 Å². The van der Waals surface area contributed by atoms with Crippen molar-refractivity contribution in [3.63, 3.8) is 0 Å². The minimum Gasteiger partial charge on any atom is -0.454 e. The molecule has 0 spiro atoms. The highest BCUT2D eigenvalue weighted by atomic mass is 16.7. The molecule has 0 bridgehead atoms. The first-order chi connectivity index (χ1) is 13.7. The van der Waals surface area contributed by atoms with E-state index in [-0.39, 0.29) is 5.91 Å². The van der Waals surface area contributed by atoms with Crippen LogP contribution in [0.2, 0.25) is 0 Å². The Labute approximate surface area is 166 Å². The predicted molar refractivity (Wildman–Crippen MR) is 109 cm³/mol. The van der Waals surface area contributed by atoms with Gasteiger partial charge in [-0.1, -0.05) is 31.2 Å². The lowest BCUT2D eigenvalue weighted by atomic mass is 10.1. The Hall–Kier alpha value is -2.73. The molecule has 0 atom stereocenters. The van der Waals surface area contributed by atoms with Gasteiger partial charge in [0.1, 0.15) is 0 Å². The van der Waals surface area contributed by atoms with Crippen LogP contribution in [0.25, 0.3) is 0 Å². The quantitative estimate of drug-likeness (QED) is 0.834. The van der Waals surface area contributed by atoms with E-state index in [2.05, 4.69) is 35.3 Å². The van der Waals surface area contributed by atoms with Crippen molar-refractivity contribution in [1.82, 2.24) is 9.80 Å². The van der Waals surface area contributed by atoms with E-state index in [1.165, 1.54) is 11.1 Å². The number of carbonyl (C=O) groups excluding carboxylic acids is 1. The van der Waals surface area contributed by atoms with Gasteiger partial charge in [0.25, 0.3) is 0 Å². The Bertz CT molecular complexity index is 832. The third kappa shape index (κ3) is 4.22. The molecule has 2 aliphatic rings. The SMILES string of the molecule is CCc1ccccc1NCC(=O)N1CCN(Cc2ccc3c(c2)OCO3)CC1. The molecule has 6 nitrogen and oxygen atoms in total. The van der Waals surface area contributed by atoms with Crippen molar-refractivity contribution in [3.05, 3.63) is 53.6 Å². The van der Waals surface area contributed by atoms with Gasteiger partial charge in [-0.2, -0.15) is 0 Å². The third-order valence-electron chi connectivity index (χ3n) is 5.40. The largest absolute Gasteiger partial charge is 0.454 e. The number of ether oxygens (including phenoxy) is 2. The second-order valence-electron chi connectivity index (χ2n) is 7.21. The number of nitrogens with one attached hydrogen (secondary N) is 1. The molecule has 1 saturated heterocycles. The molecule has 2 aromatic carbocycles. The summed E-state index contributed by atoms with van der Waals surface area (Å²) in [7, 11) is 0. The summed E-state index contributed by atoms with van der Waals surface area (Å²) in [5, 5.41) is 3.31. The second-order valence-corrected chi connectivity index (χ2v) is 7.21. The number of benzene rings is 2. The summed E-state index contributed by atoms with van der Waals surface area (Å²) in [5.41, 5.74) is 3.51. The van der Waals surface area contributed by atoms with E-state index in [9.17, 15) is 4.79 Å². The molecule has 0 unspecified atom stereocenters. The predicted octanol–water partition coefficient (Wildman–Crippen LogP) is 2.73. The summed E-state index contributed by atoms with van der Waals surface area (Å²) in [6.07, 6.45) is 0.954. The average molecular weight is 381 g/mol. The van der Waals surface area contributed by atoms with E-state index in [0.717, 1.165) is 56.3 Å². The van der Waals surface area contributed by atoms with Gasteiger partial charge in [0.05, 0.1) is 6.54 Å². The molecule has 28 heavy (non-hydrogen) atoms. The fourth-order valence-corrected chi connectivity index (χ4v) is 3.74. The van der Waals surface area contributed by atoms with E-state index in [1.54, 1.807) is 0 Å². The van der Waals surface area contributed by atoms with Gasteiger partial charge >= 0.3 is 0 Å². The molecule has 148 valence electrons. The summed E-state index contributed by atoms with van der Waals surface area (Å²) in [4.78, 5) is 16.9. The maximum atomic E-state index is 12.6. The van der Waals surface area contributed by atoms with Crippen molar-refractivity contribution in [3.8, 4) is 11.5 Å². The molecule has 1 amide bonds. The summed E-state index contributed by atoms with van der Waals surface area (Å²) >= 11 is 0. The Balaban J connectivity index is 1.25. The minimum absolute atomic E-state index is 0.161. The molecular weight excluding hydrogens is 354 g/mol. The molecular formula is C22H27N3O3. The zero-order valence-corrected chi connectivity index (χ0v) is 16.3. The topological polar surface area (TPSA) is 54.0 Å². The number of para-hydroxylation sites is 1. The zero-order valence-electron chi connectivity index (χ0n) is 16.3. The standard InChI is InChI=1S/C22H27N3O3/c1-2-18-5-3-4-6-19(18)23-14-22(26)25-11-9-24(10-12-25)15-17-7-8-20-21(13-17)28-16-27-20/h3-8,13,23H,2,9-12,14-16H2,1H3. The lowest BCUT2D eigenvalue weighted by molar-refractivity contribution is -0.131. The van der Waals surface area contributed by atoms with Gasteiger partial charge in [-0.15, -0.1) is 0 Å². The van der Waals surface area contributed by atoms with Crippen molar-refractivity contribution in [2.24, 2.45) is 0 Å². The van der Waals surface area contributed by atoms with Gasteiger partial charge in [0.2, 0.25) is 12.7 Å². The molecule has 1 N–H and O–H groups in total. The first kappa shape index (κ1) is 18.6. The molecule has 2 aromatic rings. The Morgan fingerprint density at radius 3 is 2.64 bits per heavy atom. The van der Waals surface area contributed by atoms with Crippen molar-refractivity contribution >= 4 is 11.6 Å². The normalized spacial score (nSPS) is 16.2.